The number of hydrogen-bond donors (Lipinski definition) is 2. The summed E-state index contributed by atoms with van der Waals surface area (Å²) >= 11 is 0. The molecule has 0 aliphatic heterocycles. The fraction of sp³-hybridized carbons (Fsp3) is 0.0667. The Balaban J connectivity index is 2.41. The van der Waals surface area contributed by atoms with Crippen LogP contribution in [0.1, 0.15) is 12.5 Å². The number of aromatic nitrogens is 2. The molecule has 0 radical (unpaired) electrons. The van der Waals surface area contributed by atoms with Crippen LogP contribution < -0.4 is 21.8 Å². The lowest BCUT2D eigenvalue weighted by Crippen LogP contribution is -2.46. The Morgan fingerprint density at radius 1 is 0.947 bits per heavy atom. The van der Waals surface area contributed by atoms with Crippen molar-refractivity contribution in [3.63, 3.8) is 0 Å². The lowest BCUT2D eigenvalue weighted by molar-refractivity contribution is 1.00. The summed E-state index contributed by atoms with van der Waals surface area (Å²) < 4.78 is 0. The van der Waals surface area contributed by atoms with Gasteiger partial charge in [0.2, 0.25) is 0 Å². The molecule has 0 unspecified atom stereocenters. The first-order valence-electron chi connectivity index (χ1n) is 5.93. The molecule has 2 rings (SSSR count). The van der Waals surface area contributed by atoms with Gasteiger partial charge in [-0.2, -0.15) is 0 Å². The molecule has 4 heteroatoms. The number of rotatable bonds is 2. The smallest absolute Gasteiger partial charge is 0.272 e. The third kappa shape index (κ3) is 3.19. The van der Waals surface area contributed by atoms with Crippen molar-refractivity contribution in [2.24, 2.45) is 0 Å². The van der Waals surface area contributed by atoms with Gasteiger partial charge in [0.25, 0.3) is 11.1 Å². The van der Waals surface area contributed by atoms with Crippen molar-refractivity contribution in [2.75, 3.05) is 0 Å². The monoisotopic (exact) mass is 254 g/mol. The maximum Gasteiger partial charge on any atom is 0.272 e. The van der Waals surface area contributed by atoms with Gasteiger partial charge in [0.1, 0.15) is 10.7 Å². The van der Waals surface area contributed by atoms with Crippen molar-refractivity contribution in [3.8, 4) is 0 Å². The van der Waals surface area contributed by atoms with E-state index in [9.17, 15) is 9.59 Å². The van der Waals surface area contributed by atoms with Crippen LogP contribution in [-0.4, -0.2) is 9.97 Å². The van der Waals surface area contributed by atoms with Gasteiger partial charge in [-0.05, 0) is 18.6 Å². The molecule has 0 bridgehead atoms. The molecule has 19 heavy (non-hydrogen) atoms. The number of aromatic amines is 2. The van der Waals surface area contributed by atoms with Gasteiger partial charge < -0.3 is 9.97 Å². The van der Waals surface area contributed by atoms with E-state index in [4.69, 9.17) is 0 Å². The van der Waals surface area contributed by atoms with Crippen LogP contribution in [0, 0.1) is 0 Å². The molecule has 2 aromatic rings. The van der Waals surface area contributed by atoms with Crippen LogP contribution in [0.3, 0.4) is 0 Å². The summed E-state index contributed by atoms with van der Waals surface area (Å²) in [6, 6.07) is 9.70. The average Bonchev–Trinajstić information content (AvgIpc) is 2.43. The highest BCUT2D eigenvalue weighted by atomic mass is 16.1. The highest BCUT2D eigenvalue weighted by Crippen LogP contribution is 2.00. The quantitative estimate of drug-likeness (QED) is 0.812. The molecule has 0 atom stereocenters. The second-order valence-electron chi connectivity index (χ2n) is 3.96. The Morgan fingerprint density at radius 3 is 2.26 bits per heavy atom. The van der Waals surface area contributed by atoms with Crippen molar-refractivity contribution >= 4 is 18.2 Å². The van der Waals surface area contributed by atoms with Crippen LogP contribution in [0.25, 0.3) is 18.2 Å². The minimum Gasteiger partial charge on any atom is -0.316 e. The number of benzene rings is 1. The van der Waals surface area contributed by atoms with Crippen LogP contribution in [0.5, 0.6) is 0 Å². The highest BCUT2D eigenvalue weighted by molar-refractivity contribution is 5.56. The zero-order valence-electron chi connectivity index (χ0n) is 10.5. The van der Waals surface area contributed by atoms with Crippen LogP contribution in [0.15, 0.2) is 46.0 Å². The van der Waals surface area contributed by atoms with Crippen molar-refractivity contribution in [2.45, 2.75) is 6.92 Å². The number of hydrogen-bond acceptors (Lipinski definition) is 2. The van der Waals surface area contributed by atoms with Crippen molar-refractivity contribution in [1.82, 2.24) is 9.97 Å². The van der Waals surface area contributed by atoms with Gasteiger partial charge in [-0.1, -0.05) is 48.6 Å². The third-order valence-corrected chi connectivity index (χ3v) is 2.63. The van der Waals surface area contributed by atoms with Crippen molar-refractivity contribution in [3.05, 3.63) is 73.4 Å². The SMILES string of the molecule is CC=c1[nH]c(=O)c(=CC=Cc2ccccc2)[nH]c1=O. The van der Waals surface area contributed by atoms with E-state index in [0.717, 1.165) is 5.56 Å². The zero-order valence-corrected chi connectivity index (χ0v) is 10.5. The first-order chi connectivity index (χ1) is 9.20. The van der Waals surface area contributed by atoms with Gasteiger partial charge in [-0.15, -0.1) is 0 Å². The minimum atomic E-state index is -0.314. The molecular weight excluding hydrogens is 240 g/mol. The van der Waals surface area contributed by atoms with Gasteiger partial charge in [-0.3, -0.25) is 9.59 Å². The van der Waals surface area contributed by atoms with E-state index in [1.54, 1.807) is 25.2 Å². The zero-order chi connectivity index (χ0) is 13.7. The Bertz CT molecular complexity index is 812. The van der Waals surface area contributed by atoms with E-state index < -0.39 is 0 Å². The average molecular weight is 254 g/mol. The summed E-state index contributed by atoms with van der Waals surface area (Å²) in [4.78, 5) is 28.3. The normalized spacial score (nSPS) is 13.3. The molecule has 1 aromatic carbocycles. The summed E-state index contributed by atoms with van der Waals surface area (Å²) in [5.74, 6) is 0. The van der Waals surface area contributed by atoms with Gasteiger partial charge in [0.05, 0.1) is 0 Å². The largest absolute Gasteiger partial charge is 0.316 e. The fourth-order valence-corrected chi connectivity index (χ4v) is 1.63. The third-order valence-electron chi connectivity index (χ3n) is 2.63. The topological polar surface area (TPSA) is 65.7 Å². The maximum atomic E-state index is 11.7. The van der Waals surface area contributed by atoms with Crippen LogP contribution in [0.4, 0.5) is 0 Å². The van der Waals surface area contributed by atoms with Crippen LogP contribution >= 0.6 is 0 Å². The predicted octanol–water partition coefficient (Wildman–Crippen LogP) is 0.357. The predicted molar refractivity (Wildman–Crippen MR) is 77.0 cm³/mol. The van der Waals surface area contributed by atoms with Crippen molar-refractivity contribution < 1.29 is 0 Å². The minimum absolute atomic E-state index is 0.239. The molecule has 2 N–H and O–H groups in total. The van der Waals surface area contributed by atoms with Crippen LogP contribution in [-0.2, 0) is 0 Å². The molecule has 0 aliphatic carbocycles. The van der Waals surface area contributed by atoms with E-state index in [1.165, 1.54) is 0 Å². The molecule has 0 spiro atoms. The second kappa shape index (κ2) is 5.82. The summed E-state index contributed by atoms with van der Waals surface area (Å²) in [5, 5.41) is 0.511. The van der Waals surface area contributed by atoms with E-state index in [0.29, 0.717) is 0 Å². The summed E-state index contributed by atoms with van der Waals surface area (Å²) in [6.45, 7) is 1.69. The molecule has 0 saturated heterocycles. The summed E-state index contributed by atoms with van der Waals surface area (Å²) in [5.41, 5.74) is 0.405. The maximum absolute atomic E-state index is 11.7. The van der Waals surface area contributed by atoms with Gasteiger partial charge in [0.15, 0.2) is 0 Å². The molecule has 96 valence electrons. The van der Waals surface area contributed by atoms with Crippen molar-refractivity contribution in [1.29, 1.82) is 0 Å². The first kappa shape index (κ1) is 12.8. The molecular formula is C15H14N2O2. The molecule has 0 amide bonds. The Morgan fingerprint density at radius 2 is 1.58 bits per heavy atom. The summed E-state index contributed by atoms with van der Waals surface area (Å²) in [6.07, 6.45) is 6.72. The first-order valence-corrected chi connectivity index (χ1v) is 5.93. The standard InChI is InChI=1S/C15H14N2O2/c1-2-12-14(18)17-13(15(19)16-12)10-6-9-11-7-4-3-5-8-11/h2-10H,1H3,(H,16,19)(H,17,18). The van der Waals surface area contributed by atoms with Gasteiger partial charge >= 0.3 is 0 Å². The number of H-pyrrole nitrogens is 2. The number of nitrogens with one attached hydrogen (secondary N) is 2. The molecule has 4 nitrogen and oxygen atoms in total. The molecule has 0 fully saturated rings. The number of allylic oxidation sites excluding steroid dienone is 1. The Kier molecular flexibility index (Phi) is 3.93. The Labute approximate surface area is 109 Å². The lowest BCUT2D eigenvalue weighted by Gasteiger charge is -1.89. The van der Waals surface area contributed by atoms with E-state index in [2.05, 4.69) is 9.97 Å². The highest BCUT2D eigenvalue weighted by Gasteiger charge is 1.92. The van der Waals surface area contributed by atoms with Gasteiger partial charge in [-0.25, -0.2) is 0 Å². The summed E-state index contributed by atoms with van der Waals surface area (Å²) in [7, 11) is 0. The van der Waals surface area contributed by atoms with E-state index in [-0.39, 0.29) is 21.8 Å². The molecule has 0 aliphatic rings. The van der Waals surface area contributed by atoms with E-state index >= 15 is 0 Å². The fourth-order valence-electron chi connectivity index (χ4n) is 1.63. The van der Waals surface area contributed by atoms with E-state index in [1.807, 2.05) is 36.4 Å². The Hall–Kier alpha value is -2.62. The molecule has 1 heterocycles. The van der Waals surface area contributed by atoms with Crippen LogP contribution in [0.2, 0.25) is 0 Å². The lowest BCUT2D eigenvalue weighted by atomic mass is 10.2. The molecule has 0 saturated carbocycles. The second-order valence-corrected chi connectivity index (χ2v) is 3.96. The molecule has 1 aromatic heterocycles. The van der Waals surface area contributed by atoms with Gasteiger partial charge in [0, 0.05) is 0 Å².